The summed E-state index contributed by atoms with van der Waals surface area (Å²) in [6.45, 7) is 0. The number of carbonyl (C=O) groups is 1. The van der Waals surface area contributed by atoms with Crippen molar-refractivity contribution in [2.75, 3.05) is 0 Å². The van der Waals surface area contributed by atoms with Gasteiger partial charge in [0.25, 0.3) is 0 Å². The van der Waals surface area contributed by atoms with Gasteiger partial charge < -0.3 is 4.79 Å². The minimum absolute atomic E-state index is 0.131. The minimum Gasteiger partial charge on any atom is -0.303 e. The van der Waals surface area contributed by atoms with E-state index in [0.29, 0.717) is 5.92 Å². The maximum absolute atomic E-state index is 11.2. The molecule has 0 bridgehead atoms. The highest BCUT2D eigenvalue weighted by Gasteiger charge is 2.24. The summed E-state index contributed by atoms with van der Waals surface area (Å²) in [6.07, 6.45) is 7.52. The average molecular weight is 202 g/mol. The molecule has 1 aromatic rings. The quantitative estimate of drug-likeness (QED) is 0.685. The summed E-state index contributed by atoms with van der Waals surface area (Å²) in [6, 6.07) is 10.2. The number of aldehydes is 1. The topological polar surface area (TPSA) is 17.1 Å². The van der Waals surface area contributed by atoms with E-state index in [4.69, 9.17) is 0 Å². The van der Waals surface area contributed by atoms with E-state index in [1.807, 2.05) is 18.2 Å². The molecule has 80 valence electrons. The highest BCUT2D eigenvalue weighted by molar-refractivity contribution is 5.62. The first-order valence-electron chi connectivity index (χ1n) is 5.92. The van der Waals surface area contributed by atoms with Crippen LogP contribution < -0.4 is 0 Å². The number of rotatable bonds is 3. The summed E-state index contributed by atoms with van der Waals surface area (Å²) < 4.78 is 0. The van der Waals surface area contributed by atoms with Gasteiger partial charge in [0.1, 0.15) is 6.29 Å². The van der Waals surface area contributed by atoms with E-state index in [0.717, 1.165) is 6.29 Å². The maximum Gasteiger partial charge on any atom is 0.127 e. The van der Waals surface area contributed by atoms with Gasteiger partial charge in [0, 0.05) is 5.92 Å². The van der Waals surface area contributed by atoms with Crippen LogP contribution in [0, 0.1) is 5.92 Å². The molecule has 1 aromatic carbocycles. The third-order valence-electron chi connectivity index (χ3n) is 3.49. The molecule has 0 amide bonds. The average Bonchev–Trinajstić information content (AvgIpc) is 2.33. The Morgan fingerprint density at radius 2 is 1.73 bits per heavy atom. The summed E-state index contributed by atoms with van der Waals surface area (Å²) >= 11 is 0. The fourth-order valence-electron chi connectivity index (χ4n) is 2.63. The van der Waals surface area contributed by atoms with Gasteiger partial charge in [0.05, 0.1) is 0 Å². The van der Waals surface area contributed by atoms with Gasteiger partial charge in [-0.1, -0.05) is 49.6 Å². The van der Waals surface area contributed by atoms with Crippen LogP contribution in [-0.2, 0) is 4.79 Å². The van der Waals surface area contributed by atoms with Crippen LogP contribution in [-0.4, -0.2) is 6.29 Å². The molecule has 15 heavy (non-hydrogen) atoms. The fourth-order valence-corrected chi connectivity index (χ4v) is 2.63. The smallest absolute Gasteiger partial charge is 0.127 e. The molecule has 1 aliphatic rings. The largest absolute Gasteiger partial charge is 0.303 e. The molecule has 0 unspecified atom stereocenters. The third kappa shape index (κ3) is 2.47. The molecule has 0 aliphatic heterocycles. The Morgan fingerprint density at radius 1 is 1.07 bits per heavy atom. The highest BCUT2D eigenvalue weighted by Crippen LogP contribution is 2.34. The molecule has 1 aliphatic carbocycles. The lowest BCUT2D eigenvalue weighted by atomic mass is 9.77. The molecule has 1 heteroatoms. The Balaban J connectivity index is 2.12. The van der Waals surface area contributed by atoms with Gasteiger partial charge >= 0.3 is 0 Å². The van der Waals surface area contributed by atoms with Crippen molar-refractivity contribution >= 4 is 6.29 Å². The molecule has 0 saturated heterocycles. The van der Waals surface area contributed by atoms with Crippen molar-refractivity contribution in [3.8, 4) is 0 Å². The van der Waals surface area contributed by atoms with E-state index in [-0.39, 0.29) is 5.92 Å². The molecule has 0 aromatic heterocycles. The lowest BCUT2D eigenvalue weighted by molar-refractivity contribution is -0.110. The molecule has 0 N–H and O–H groups in total. The van der Waals surface area contributed by atoms with Crippen molar-refractivity contribution in [3.63, 3.8) is 0 Å². The lowest BCUT2D eigenvalue weighted by Gasteiger charge is -2.26. The summed E-state index contributed by atoms with van der Waals surface area (Å²) in [5.41, 5.74) is 1.19. The second kappa shape index (κ2) is 5.11. The van der Waals surface area contributed by atoms with Gasteiger partial charge in [-0.05, 0) is 24.3 Å². The van der Waals surface area contributed by atoms with Crippen molar-refractivity contribution in [2.45, 2.75) is 38.0 Å². The molecule has 0 spiro atoms. The van der Waals surface area contributed by atoms with E-state index in [1.165, 1.54) is 37.7 Å². The van der Waals surface area contributed by atoms with E-state index >= 15 is 0 Å². The summed E-state index contributed by atoms with van der Waals surface area (Å²) in [7, 11) is 0. The van der Waals surface area contributed by atoms with Crippen LogP contribution in [0.25, 0.3) is 0 Å². The Bertz CT molecular complexity index is 298. The minimum atomic E-state index is 0.131. The molecule has 0 heterocycles. The van der Waals surface area contributed by atoms with E-state index < -0.39 is 0 Å². The summed E-state index contributed by atoms with van der Waals surface area (Å²) in [4.78, 5) is 11.2. The SMILES string of the molecule is O=C[C@H](c1ccccc1)C1CCCCC1. The molecule has 0 radical (unpaired) electrons. The van der Waals surface area contributed by atoms with Crippen LogP contribution in [0.15, 0.2) is 30.3 Å². The standard InChI is InChI=1S/C14H18O/c15-11-14(12-7-3-1-4-8-12)13-9-5-2-6-10-13/h1,3-4,7-8,11,13-14H,2,5-6,9-10H2/t14-/m1/s1. The van der Waals surface area contributed by atoms with Gasteiger partial charge in [-0.3, -0.25) is 0 Å². The van der Waals surface area contributed by atoms with Crippen LogP contribution in [0.3, 0.4) is 0 Å². The predicted octanol–water partition coefficient (Wildman–Crippen LogP) is 3.55. The monoisotopic (exact) mass is 202 g/mol. The van der Waals surface area contributed by atoms with Crippen molar-refractivity contribution in [3.05, 3.63) is 35.9 Å². The van der Waals surface area contributed by atoms with Crippen molar-refractivity contribution in [1.29, 1.82) is 0 Å². The fraction of sp³-hybridized carbons (Fsp3) is 0.500. The molecule has 1 fully saturated rings. The van der Waals surface area contributed by atoms with Crippen molar-refractivity contribution in [2.24, 2.45) is 5.92 Å². The molecule has 2 rings (SSSR count). The molecule has 1 nitrogen and oxygen atoms in total. The van der Waals surface area contributed by atoms with Crippen molar-refractivity contribution < 1.29 is 4.79 Å². The van der Waals surface area contributed by atoms with Crippen LogP contribution in [0.1, 0.15) is 43.6 Å². The van der Waals surface area contributed by atoms with Crippen LogP contribution in [0.2, 0.25) is 0 Å². The van der Waals surface area contributed by atoms with Gasteiger partial charge in [-0.15, -0.1) is 0 Å². The zero-order chi connectivity index (χ0) is 10.5. The number of hydrogen-bond acceptors (Lipinski definition) is 1. The number of carbonyl (C=O) groups excluding carboxylic acids is 1. The van der Waals surface area contributed by atoms with E-state index in [9.17, 15) is 4.79 Å². The van der Waals surface area contributed by atoms with Crippen LogP contribution >= 0.6 is 0 Å². The highest BCUT2D eigenvalue weighted by atomic mass is 16.1. The van der Waals surface area contributed by atoms with E-state index in [2.05, 4.69) is 12.1 Å². The Morgan fingerprint density at radius 3 is 2.33 bits per heavy atom. The molecule has 1 atom stereocenters. The Labute approximate surface area is 91.5 Å². The van der Waals surface area contributed by atoms with Gasteiger partial charge in [0.15, 0.2) is 0 Å². The van der Waals surface area contributed by atoms with Gasteiger partial charge in [-0.25, -0.2) is 0 Å². The van der Waals surface area contributed by atoms with E-state index in [1.54, 1.807) is 0 Å². The first kappa shape index (κ1) is 10.4. The first-order valence-corrected chi connectivity index (χ1v) is 5.92. The summed E-state index contributed by atoms with van der Waals surface area (Å²) in [5, 5.41) is 0. The zero-order valence-electron chi connectivity index (χ0n) is 9.06. The van der Waals surface area contributed by atoms with Crippen molar-refractivity contribution in [1.82, 2.24) is 0 Å². The molecule has 1 saturated carbocycles. The lowest BCUT2D eigenvalue weighted by Crippen LogP contribution is -2.17. The second-order valence-corrected chi connectivity index (χ2v) is 4.47. The summed E-state index contributed by atoms with van der Waals surface area (Å²) in [5.74, 6) is 0.713. The number of benzene rings is 1. The predicted molar refractivity (Wildman–Crippen MR) is 61.8 cm³/mol. The number of hydrogen-bond donors (Lipinski definition) is 0. The molecular formula is C14H18O. The maximum atomic E-state index is 11.2. The van der Waals surface area contributed by atoms with Crippen LogP contribution in [0.4, 0.5) is 0 Å². The Kier molecular flexibility index (Phi) is 3.54. The second-order valence-electron chi connectivity index (χ2n) is 4.47. The Hall–Kier alpha value is -1.11. The molecular weight excluding hydrogens is 184 g/mol. The van der Waals surface area contributed by atoms with Crippen LogP contribution in [0.5, 0.6) is 0 Å². The van der Waals surface area contributed by atoms with Gasteiger partial charge in [0.2, 0.25) is 0 Å². The third-order valence-corrected chi connectivity index (χ3v) is 3.49. The zero-order valence-corrected chi connectivity index (χ0v) is 9.06. The first-order chi connectivity index (χ1) is 7.42. The normalized spacial score (nSPS) is 19.7. The van der Waals surface area contributed by atoms with Gasteiger partial charge in [-0.2, -0.15) is 0 Å².